The Morgan fingerprint density at radius 1 is 1.32 bits per heavy atom. The second kappa shape index (κ2) is 4.94. The van der Waals surface area contributed by atoms with Crippen LogP contribution in [0.3, 0.4) is 0 Å². The molecule has 0 aliphatic carbocycles. The predicted molar refractivity (Wildman–Crippen MR) is 50.6 cm³/mol. The molecule has 0 atom stereocenters. The van der Waals surface area contributed by atoms with Crippen molar-refractivity contribution in [3.63, 3.8) is 0 Å². The Morgan fingerprint density at radius 3 is 2.37 bits per heavy atom. The summed E-state index contributed by atoms with van der Waals surface area (Å²) in [6.07, 6.45) is -5.30. The van der Waals surface area contributed by atoms with Gasteiger partial charge in [0, 0.05) is 0 Å². The van der Waals surface area contributed by atoms with Crippen molar-refractivity contribution in [3.05, 3.63) is 23.6 Å². The van der Waals surface area contributed by atoms with E-state index in [-0.39, 0.29) is 0 Å². The van der Waals surface area contributed by atoms with Crippen LogP contribution in [0.4, 0.5) is 32.2 Å². The zero-order valence-electron chi connectivity index (χ0n) is 8.93. The average Bonchev–Trinajstić information content (AvgIpc) is 2.25. The Bertz CT molecular complexity index is 488. The van der Waals surface area contributed by atoms with E-state index in [1.165, 1.54) is 0 Å². The molecule has 0 aromatic carbocycles. The fraction of sp³-hybridized carbons (Fsp3) is 0.333. The fourth-order valence-corrected chi connectivity index (χ4v) is 1.04. The number of anilines is 1. The molecule has 106 valence electrons. The van der Waals surface area contributed by atoms with Gasteiger partial charge < -0.3 is 10.4 Å². The van der Waals surface area contributed by atoms with E-state index in [9.17, 15) is 31.1 Å². The van der Waals surface area contributed by atoms with Crippen LogP contribution >= 0.6 is 0 Å². The van der Waals surface area contributed by atoms with Crippen molar-refractivity contribution >= 4 is 11.8 Å². The quantitative estimate of drug-likeness (QED) is 0.836. The zero-order chi connectivity index (χ0) is 14.8. The number of carboxylic acids is 1. The number of pyridine rings is 1. The molecule has 1 aromatic heterocycles. The summed E-state index contributed by atoms with van der Waals surface area (Å²) in [7, 11) is 0. The first-order valence-corrected chi connectivity index (χ1v) is 4.62. The van der Waals surface area contributed by atoms with Crippen molar-refractivity contribution < 1.29 is 36.2 Å². The van der Waals surface area contributed by atoms with Crippen LogP contribution in [0, 0.1) is 5.82 Å². The molecule has 0 bridgehead atoms. The Balaban J connectivity index is 2.93. The van der Waals surface area contributed by atoms with Gasteiger partial charge in [-0.2, -0.15) is 22.0 Å². The summed E-state index contributed by atoms with van der Waals surface area (Å²) in [5.41, 5.74) is -0.849. The lowest BCUT2D eigenvalue weighted by Crippen LogP contribution is -2.42. The summed E-state index contributed by atoms with van der Waals surface area (Å²) in [5.74, 6) is -8.63. The van der Waals surface area contributed by atoms with Crippen molar-refractivity contribution in [1.82, 2.24) is 4.98 Å². The number of aromatic nitrogens is 1. The van der Waals surface area contributed by atoms with Crippen molar-refractivity contribution in [2.24, 2.45) is 0 Å². The van der Waals surface area contributed by atoms with Gasteiger partial charge in [0.1, 0.15) is 17.2 Å². The summed E-state index contributed by atoms with van der Waals surface area (Å²) < 4.78 is 73.5. The molecule has 19 heavy (non-hydrogen) atoms. The van der Waals surface area contributed by atoms with Gasteiger partial charge in [0.15, 0.2) is 0 Å². The molecule has 1 heterocycles. The minimum absolute atomic E-state index is 0.448. The standard InChI is InChI=1S/C9H6F6N2O2/c10-4-1-5(7(18)19)6(16-2-4)17-3-8(11,12)9(13,14)15/h1-2H,3H2,(H,16,17)(H,18,19). The molecule has 1 aromatic rings. The van der Waals surface area contributed by atoms with E-state index in [1.807, 2.05) is 0 Å². The molecule has 4 nitrogen and oxygen atoms in total. The number of carboxylic acid groups (broad SMARTS) is 1. The van der Waals surface area contributed by atoms with E-state index in [0.717, 1.165) is 0 Å². The first-order chi connectivity index (χ1) is 8.54. The molecule has 2 N–H and O–H groups in total. The maximum Gasteiger partial charge on any atom is 0.455 e. The van der Waals surface area contributed by atoms with Crippen LogP contribution in [0.2, 0.25) is 0 Å². The largest absolute Gasteiger partial charge is 0.478 e. The van der Waals surface area contributed by atoms with Crippen LogP contribution in [-0.2, 0) is 0 Å². The third-order valence-electron chi connectivity index (χ3n) is 1.98. The molecule has 0 aliphatic rings. The van der Waals surface area contributed by atoms with Crippen LogP contribution in [0.25, 0.3) is 0 Å². The molecule has 0 aliphatic heterocycles. The van der Waals surface area contributed by atoms with E-state index in [2.05, 4.69) is 4.98 Å². The fourth-order valence-electron chi connectivity index (χ4n) is 1.04. The molecule has 0 radical (unpaired) electrons. The van der Waals surface area contributed by atoms with Gasteiger partial charge >= 0.3 is 18.1 Å². The monoisotopic (exact) mass is 288 g/mol. The molecule has 10 heteroatoms. The van der Waals surface area contributed by atoms with Crippen molar-refractivity contribution in [2.75, 3.05) is 11.9 Å². The highest BCUT2D eigenvalue weighted by Crippen LogP contribution is 2.35. The molecule has 0 amide bonds. The predicted octanol–water partition coefficient (Wildman–Crippen LogP) is 2.53. The van der Waals surface area contributed by atoms with Crippen LogP contribution in [0.1, 0.15) is 10.4 Å². The molecule has 0 saturated carbocycles. The number of nitrogens with zero attached hydrogens (tertiary/aromatic N) is 1. The SMILES string of the molecule is O=C(O)c1cc(F)cnc1NCC(F)(F)C(F)(F)F. The smallest absolute Gasteiger partial charge is 0.455 e. The second-order valence-electron chi connectivity index (χ2n) is 3.41. The van der Waals surface area contributed by atoms with E-state index in [4.69, 9.17) is 5.11 Å². The number of aromatic carboxylic acids is 1. The summed E-state index contributed by atoms with van der Waals surface area (Å²) in [4.78, 5) is 13.8. The van der Waals surface area contributed by atoms with Crippen LogP contribution in [0.15, 0.2) is 12.3 Å². The molecule has 0 saturated heterocycles. The number of hydrogen-bond donors (Lipinski definition) is 2. The van der Waals surface area contributed by atoms with Crippen molar-refractivity contribution in [1.29, 1.82) is 0 Å². The topological polar surface area (TPSA) is 62.2 Å². The highest BCUT2D eigenvalue weighted by Gasteiger charge is 2.57. The van der Waals surface area contributed by atoms with Gasteiger partial charge in [-0.25, -0.2) is 14.2 Å². The van der Waals surface area contributed by atoms with Crippen LogP contribution in [0.5, 0.6) is 0 Å². The zero-order valence-corrected chi connectivity index (χ0v) is 8.93. The van der Waals surface area contributed by atoms with Gasteiger partial charge in [-0.1, -0.05) is 0 Å². The summed E-state index contributed by atoms with van der Waals surface area (Å²) in [5, 5.41) is 10.2. The summed E-state index contributed by atoms with van der Waals surface area (Å²) in [6, 6.07) is 0.448. The van der Waals surface area contributed by atoms with Gasteiger partial charge in [-0.3, -0.25) is 0 Å². The first-order valence-electron chi connectivity index (χ1n) is 4.62. The van der Waals surface area contributed by atoms with Gasteiger partial charge in [0.2, 0.25) is 0 Å². The summed E-state index contributed by atoms with van der Waals surface area (Å²) >= 11 is 0. The van der Waals surface area contributed by atoms with Gasteiger partial charge in [0.25, 0.3) is 0 Å². The number of alkyl halides is 5. The normalized spacial score (nSPS) is 12.3. The molecule has 1 rings (SSSR count). The van der Waals surface area contributed by atoms with E-state index < -0.39 is 41.8 Å². The summed E-state index contributed by atoms with van der Waals surface area (Å²) in [6.45, 7) is -1.91. The highest BCUT2D eigenvalue weighted by atomic mass is 19.4. The highest BCUT2D eigenvalue weighted by molar-refractivity contribution is 5.93. The van der Waals surface area contributed by atoms with Gasteiger partial charge in [0.05, 0.1) is 12.7 Å². The van der Waals surface area contributed by atoms with Gasteiger partial charge in [-0.05, 0) is 6.07 Å². The van der Waals surface area contributed by atoms with Crippen molar-refractivity contribution in [3.8, 4) is 0 Å². The van der Waals surface area contributed by atoms with E-state index in [1.54, 1.807) is 5.32 Å². The van der Waals surface area contributed by atoms with Crippen LogP contribution in [-0.4, -0.2) is 34.7 Å². The van der Waals surface area contributed by atoms with E-state index >= 15 is 0 Å². The number of hydrogen-bond acceptors (Lipinski definition) is 3. The number of rotatable bonds is 4. The lowest BCUT2D eigenvalue weighted by Gasteiger charge is -2.20. The minimum Gasteiger partial charge on any atom is -0.478 e. The lowest BCUT2D eigenvalue weighted by molar-refractivity contribution is -0.275. The van der Waals surface area contributed by atoms with Crippen molar-refractivity contribution in [2.45, 2.75) is 12.1 Å². The second-order valence-corrected chi connectivity index (χ2v) is 3.41. The Kier molecular flexibility index (Phi) is 3.91. The minimum atomic E-state index is -5.79. The molecular formula is C9H6F6N2O2. The Hall–Kier alpha value is -2.00. The number of nitrogens with one attached hydrogen (secondary N) is 1. The average molecular weight is 288 g/mol. The third kappa shape index (κ3) is 3.48. The number of halogens is 6. The maximum atomic E-state index is 12.7. The lowest BCUT2D eigenvalue weighted by atomic mass is 10.2. The first kappa shape index (κ1) is 15.1. The Labute approximate surface area is 102 Å². The van der Waals surface area contributed by atoms with Crippen LogP contribution < -0.4 is 5.32 Å². The maximum absolute atomic E-state index is 12.7. The molecule has 0 unspecified atom stereocenters. The van der Waals surface area contributed by atoms with Gasteiger partial charge in [-0.15, -0.1) is 0 Å². The third-order valence-corrected chi connectivity index (χ3v) is 1.98. The number of carbonyl (C=O) groups is 1. The van der Waals surface area contributed by atoms with E-state index in [0.29, 0.717) is 12.3 Å². The molecule has 0 fully saturated rings. The molecule has 0 spiro atoms. The Morgan fingerprint density at radius 2 is 1.89 bits per heavy atom. The molecular weight excluding hydrogens is 282 g/mol.